The molecule has 0 unspecified atom stereocenters. The zero-order chi connectivity index (χ0) is 22.8. The highest BCUT2D eigenvalue weighted by Gasteiger charge is 2.13. The fourth-order valence-corrected chi connectivity index (χ4v) is 2.72. The van der Waals surface area contributed by atoms with Crippen LogP contribution in [0.3, 0.4) is 0 Å². The molecule has 0 bridgehead atoms. The number of nitrogens with one attached hydrogen (secondary N) is 1. The Bertz CT molecular complexity index is 1040. The summed E-state index contributed by atoms with van der Waals surface area (Å²) < 4.78 is 21.3. The Morgan fingerprint density at radius 3 is 2.34 bits per heavy atom. The number of hydrogen-bond acceptors (Lipinski definition) is 7. The molecule has 0 atom stereocenters. The molecule has 32 heavy (non-hydrogen) atoms. The normalized spacial score (nSPS) is 10.2. The van der Waals surface area contributed by atoms with Gasteiger partial charge in [-0.2, -0.15) is 0 Å². The lowest BCUT2D eigenvalue weighted by atomic mass is 10.1. The van der Waals surface area contributed by atoms with E-state index in [1.807, 2.05) is 19.1 Å². The third-order valence-corrected chi connectivity index (χ3v) is 4.35. The first kappa shape index (κ1) is 22.6. The number of rotatable bonds is 10. The lowest BCUT2D eigenvalue weighted by Crippen LogP contribution is -2.13. The van der Waals surface area contributed by atoms with Crippen molar-refractivity contribution in [2.24, 2.45) is 0 Å². The van der Waals surface area contributed by atoms with Gasteiger partial charge in [-0.15, -0.1) is 0 Å². The van der Waals surface area contributed by atoms with Gasteiger partial charge in [0, 0.05) is 23.6 Å². The van der Waals surface area contributed by atoms with E-state index in [0.29, 0.717) is 41.7 Å². The summed E-state index contributed by atoms with van der Waals surface area (Å²) >= 11 is 0. The summed E-state index contributed by atoms with van der Waals surface area (Å²) in [6.45, 7) is 2.48. The van der Waals surface area contributed by atoms with Gasteiger partial charge >= 0.3 is 5.97 Å². The third-order valence-electron chi connectivity index (χ3n) is 4.35. The Hall–Kier alpha value is -4.07. The molecule has 1 heterocycles. The lowest BCUT2D eigenvalue weighted by molar-refractivity contribution is -0.142. The molecule has 0 spiro atoms. The van der Waals surface area contributed by atoms with Crippen LogP contribution in [-0.4, -0.2) is 37.2 Å². The van der Waals surface area contributed by atoms with Gasteiger partial charge < -0.3 is 24.3 Å². The van der Waals surface area contributed by atoms with Gasteiger partial charge in [-0.3, -0.25) is 9.78 Å². The lowest BCUT2D eigenvalue weighted by Gasteiger charge is -2.14. The van der Waals surface area contributed by atoms with E-state index in [1.165, 1.54) is 7.11 Å². The van der Waals surface area contributed by atoms with E-state index in [1.54, 1.807) is 54.9 Å². The molecular weight excluding hydrogens is 412 g/mol. The summed E-state index contributed by atoms with van der Waals surface area (Å²) in [5.41, 5.74) is 1.98. The zero-order valence-corrected chi connectivity index (χ0v) is 17.9. The summed E-state index contributed by atoms with van der Waals surface area (Å²) in [7, 11) is 1.29. The number of esters is 1. The Labute approximate surface area is 186 Å². The summed E-state index contributed by atoms with van der Waals surface area (Å²) in [5, 5.41) is 2.82. The number of aromatic nitrogens is 1. The van der Waals surface area contributed by atoms with Crippen molar-refractivity contribution in [2.75, 3.05) is 25.6 Å². The van der Waals surface area contributed by atoms with E-state index >= 15 is 0 Å². The van der Waals surface area contributed by atoms with E-state index < -0.39 is 5.97 Å². The first-order chi connectivity index (χ1) is 15.6. The first-order valence-electron chi connectivity index (χ1n) is 9.98. The number of carbonyl (C=O) groups excluding carboxylic acids is 2. The maximum atomic E-state index is 12.7. The van der Waals surface area contributed by atoms with Gasteiger partial charge in [-0.1, -0.05) is 0 Å². The maximum absolute atomic E-state index is 12.7. The summed E-state index contributed by atoms with van der Waals surface area (Å²) in [6, 6.07) is 15.4. The molecule has 1 N–H and O–H groups in total. The number of nitrogens with zero attached hydrogens (tertiary/aromatic N) is 1. The molecule has 2 aromatic carbocycles. The number of pyridine rings is 1. The van der Waals surface area contributed by atoms with Crippen molar-refractivity contribution in [3.05, 3.63) is 78.1 Å². The van der Waals surface area contributed by atoms with Gasteiger partial charge in [0.2, 0.25) is 0 Å². The van der Waals surface area contributed by atoms with Crippen molar-refractivity contribution in [1.29, 1.82) is 0 Å². The average molecular weight is 436 g/mol. The van der Waals surface area contributed by atoms with Gasteiger partial charge in [0.25, 0.3) is 5.91 Å². The molecular formula is C24H24N2O6. The number of anilines is 1. The third kappa shape index (κ3) is 6.46. The fourth-order valence-electron chi connectivity index (χ4n) is 2.72. The van der Waals surface area contributed by atoms with E-state index in [0.717, 1.165) is 5.56 Å². The largest absolute Gasteiger partial charge is 0.490 e. The molecule has 1 amide bonds. The standard InChI is InChI=1S/C24H24N2O6/c1-3-30-22-14-18(4-9-21(22)32-15-17-10-12-25-13-11-17)24(28)26-19-5-7-20(8-6-19)31-16-23(27)29-2/h4-14H,3,15-16H2,1-2H3,(H,26,28). The van der Waals surface area contributed by atoms with Crippen molar-refractivity contribution >= 4 is 17.6 Å². The minimum Gasteiger partial charge on any atom is -0.490 e. The SMILES string of the molecule is CCOc1cc(C(=O)Nc2ccc(OCC(=O)OC)cc2)ccc1OCc1ccncc1. The zero-order valence-electron chi connectivity index (χ0n) is 17.9. The first-order valence-corrected chi connectivity index (χ1v) is 9.98. The van der Waals surface area contributed by atoms with Crippen LogP contribution in [0.15, 0.2) is 67.0 Å². The molecule has 0 aliphatic rings. The van der Waals surface area contributed by atoms with Crippen molar-refractivity contribution in [2.45, 2.75) is 13.5 Å². The molecule has 3 aromatic rings. The Balaban J connectivity index is 1.64. The van der Waals surface area contributed by atoms with E-state index in [9.17, 15) is 9.59 Å². The second kappa shape index (κ2) is 11.4. The number of benzene rings is 2. The molecule has 8 heteroatoms. The van der Waals surface area contributed by atoms with Crippen molar-refractivity contribution in [1.82, 2.24) is 4.98 Å². The highest BCUT2D eigenvalue weighted by atomic mass is 16.6. The van der Waals surface area contributed by atoms with Crippen molar-refractivity contribution < 1.29 is 28.5 Å². The Kier molecular flexibility index (Phi) is 8.02. The van der Waals surface area contributed by atoms with Crippen LogP contribution >= 0.6 is 0 Å². The van der Waals surface area contributed by atoms with Gasteiger partial charge in [0.05, 0.1) is 13.7 Å². The molecule has 3 rings (SSSR count). The highest BCUT2D eigenvalue weighted by molar-refractivity contribution is 6.04. The molecule has 0 saturated carbocycles. The van der Waals surface area contributed by atoms with Crippen molar-refractivity contribution in [3.63, 3.8) is 0 Å². The molecule has 0 aliphatic carbocycles. The average Bonchev–Trinajstić information content (AvgIpc) is 2.83. The number of carbonyl (C=O) groups is 2. The molecule has 1 aromatic heterocycles. The monoisotopic (exact) mass is 436 g/mol. The second-order valence-corrected chi connectivity index (χ2v) is 6.58. The van der Waals surface area contributed by atoms with Crippen molar-refractivity contribution in [3.8, 4) is 17.2 Å². The smallest absolute Gasteiger partial charge is 0.343 e. The maximum Gasteiger partial charge on any atom is 0.343 e. The van der Waals surface area contributed by atoms with E-state index in [2.05, 4.69) is 15.0 Å². The van der Waals surface area contributed by atoms with Crippen LogP contribution in [0.2, 0.25) is 0 Å². The minimum absolute atomic E-state index is 0.183. The predicted octanol–water partition coefficient (Wildman–Crippen LogP) is 3.86. The summed E-state index contributed by atoms with van der Waals surface area (Å²) in [5.74, 6) is 0.756. The van der Waals surface area contributed by atoms with Gasteiger partial charge in [-0.25, -0.2) is 4.79 Å². The van der Waals surface area contributed by atoms with Crippen LogP contribution in [0.4, 0.5) is 5.69 Å². The number of ether oxygens (including phenoxy) is 4. The number of methoxy groups -OCH3 is 1. The summed E-state index contributed by atoms with van der Waals surface area (Å²) in [6.07, 6.45) is 3.40. The minimum atomic E-state index is -0.472. The molecule has 0 fully saturated rings. The van der Waals surface area contributed by atoms with Crippen LogP contribution in [0.25, 0.3) is 0 Å². The van der Waals surface area contributed by atoms with Gasteiger partial charge in [0.15, 0.2) is 18.1 Å². The van der Waals surface area contributed by atoms with Crippen LogP contribution in [0.1, 0.15) is 22.8 Å². The Morgan fingerprint density at radius 1 is 0.906 bits per heavy atom. The van der Waals surface area contributed by atoms with Crippen LogP contribution < -0.4 is 19.5 Å². The van der Waals surface area contributed by atoms with E-state index in [4.69, 9.17) is 14.2 Å². The van der Waals surface area contributed by atoms with Crippen LogP contribution in [0.5, 0.6) is 17.2 Å². The molecule has 0 aliphatic heterocycles. The van der Waals surface area contributed by atoms with Crippen LogP contribution in [0, 0.1) is 0 Å². The number of hydrogen-bond donors (Lipinski definition) is 1. The topological polar surface area (TPSA) is 96.0 Å². The highest BCUT2D eigenvalue weighted by Crippen LogP contribution is 2.30. The predicted molar refractivity (Wildman–Crippen MR) is 118 cm³/mol. The van der Waals surface area contributed by atoms with Crippen LogP contribution in [-0.2, 0) is 16.1 Å². The molecule has 0 saturated heterocycles. The van der Waals surface area contributed by atoms with Gasteiger partial charge in [-0.05, 0) is 67.1 Å². The fraction of sp³-hybridized carbons (Fsp3) is 0.208. The molecule has 0 radical (unpaired) electrons. The second-order valence-electron chi connectivity index (χ2n) is 6.58. The van der Waals surface area contributed by atoms with Gasteiger partial charge in [0.1, 0.15) is 12.4 Å². The molecule has 8 nitrogen and oxygen atoms in total. The quantitative estimate of drug-likeness (QED) is 0.482. The number of amides is 1. The van der Waals surface area contributed by atoms with E-state index in [-0.39, 0.29) is 12.5 Å². The summed E-state index contributed by atoms with van der Waals surface area (Å²) in [4.78, 5) is 27.8. The molecule has 166 valence electrons. The Morgan fingerprint density at radius 2 is 1.66 bits per heavy atom.